The number of hydrogen-bond donors (Lipinski definition) is 1. The molecule has 12 heteroatoms. The predicted octanol–water partition coefficient (Wildman–Crippen LogP) is 2.52. The minimum absolute atomic E-state index is 0.0655. The number of ether oxygens (including phenoxy) is 3. The van der Waals surface area contributed by atoms with E-state index in [0.717, 1.165) is 5.56 Å². The fraction of sp³-hybridized carbons (Fsp3) is 0.364. The number of nitrogens with zero attached hydrogens (tertiary/aromatic N) is 6. The molecular formula is C22H27N7O5. The number of carbonyl (C=O) groups is 1. The van der Waals surface area contributed by atoms with Crippen molar-refractivity contribution in [1.82, 2.24) is 25.2 Å². The van der Waals surface area contributed by atoms with Gasteiger partial charge in [-0.15, -0.1) is 5.10 Å². The Morgan fingerprint density at radius 3 is 2.71 bits per heavy atom. The van der Waals surface area contributed by atoms with Crippen molar-refractivity contribution in [3.63, 3.8) is 0 Å². The van der Waals surface area contributed by atoms with Gasteiger partial charge in [-0.05, 0) is 29.5 Å². The number of benzene rings is 1. The van der Waals surface area contributed by atoms with Gasteiger partial charge in [-0.1, -0.05) is 41.6 Å². The lowest BCUT2D eigenvalue weighted by molar-refractivity contribution is -0.128. The van der Waals surface area contributed by atoms with Crippen molar-refractivity contribution in [3.05, 3.63) is 65.6 Å². The van der Waals surface area contributed by atoms with E-state index in [-0.39, 0.29) is 13.2 Å². The third kappa shape index (κ3) is 7.32. The number of aryl methyl sites for hydroxylation is 1. The van der Waals surface area contributed by atoms with Crippen molar-refractivity contribution in [3.8, 4) is 0 Å². The van der Waals surface area contributed by atoms with Crippen molar-refractivity contribution < 1.29 is 23.8 Å². The Morgan fingerprint density at radius 2 is 2.00 bits per heavy atom. The van der Waals surface area contributed by atoms with Crippen LogP contribution in [0.5, 0.6) is 0 Å². The number of tetrazole rings is 1. The van der Waals surface area contributed by atoms with Gasteiger partial charge in [-0.3, -0.25) is 5.32 Å². The quantitative estimate of drug-likeness (QED) is 0.241. The van der Waals surface area contributed by atoms with Crippen molar-refractivity contribution in [2.45, 2.75) is 26.2 Å². The van der Waals surface area contributed by atoms with Crippen LogP contribution in [0, 0.1) is 0 Å². The number of anilines is 1. The highest BCUT2D eigenvalue weighted by atomic mass is 16.7. The first-order chi connectivity index (χ1) is 16.6. The van der Waals surface area contributed by atoms with Crippen LogP contribution in [0.15, 0.2) is 53.7 Å². The summed E-state index contributed by atoms with van der Waals surface area (Å²) >= 11 is 0. The van der Waals surface area contributed by atoms with Crippen LogP contribution in [0.3, 0.4) is 0 Å². The number of carbonyl (C=O) groups excluding carboxylic acids is 1. The fourth-order valence-electron chi connectivity index (χ4n) is 2.88. The maximum Gasteiger partial charge on any atom is 0.412 e. The van der Waals surface area contributed by atoms with Crippen LogP contribution in [0.4, 0.5) is 10.6 Å². The minimum atomic E-state index is -0.629. The molecule has 1 N–H and O–H groups in total. The number of methoxy groups -OCH3 is 1. The molecule has 2 aromatic heterocycles. The monoisotopic (exact) mass is 469 g/mol. The lowest BCUT2D eigenvalue weighted by atomic mass is 10.1. The number of pyridine rings is 1. The molecule has 0 aliphatic heterocycles. The first-order valence-electron chi connectivity index (χ1n) is 10.6. The maximum absolute atomic E-state index is 12.0. The zero-order valence-electron chi connectivity index (χ0n) is 19.2. The number of oxime groups is 1. The molecule has 0 aliphatic rings. The highest BCUT2D eigenvalue weighted by Gasteiger charge is 2.15. The van der Waals surface area contributed by atoms with Gasteiger partial charge in [0, 0.05) is 32.7 Å². The third-order valence-electron chi connectivity index (χ3n) is 4.49. The normalized spacial score (nSPS) is 12.3. The molecular weight excluding hydrogens is 442 g/mol. The minimum Gasteiger partial charge on any atom is -0.449 e. The molecule has 3 rings (SSSR count). The van der Waals surface area contributed by atoms with Gasteiger partial charge in [0.15, 0.2) is 18.6 Å². The van der Waals surface area contributed by atoms with Gasteiger partial charge in [0.1, 0.15) is 5.82 Å². The van der Waals surface area contributed by atoms with Crippen molar-refractivity contribution >= 4 is 17.6 Å². The van der Waals surface area contributed by atoms with Crippen LogP contribution in [0.25, 0.3) is 0 Å². The summed E-state index contributed by atoms with van der Waals surface area (Å²) in [6.45, 7) is 2.58. The molecule has 3 aromatic rings. The summed E-state index contributed by atoms with van der Waals surface area (Å²) in [5.74, 6) is 0.779. The molecule has 0 saturated heterocycles. The molecule has 0 radical (unpaired) electrons. The second kappa shape index (κ2) is 13.0. The van der Waals surface area contributed by atoms with Crippen LogP contribution in [0.2, 0.25) is 0 Å². The molecule has 12 nitrogen and oxygen atoms in total. The second-order valence-corrected chi connectivity index (χ2v) is 6.89. The standard InChI is InChI=1S/C22H27N7O5/c1-4-32-19(31-3)13-14-33-22(30)24-18-12-8-11-17(23-18)15-34-26-20(16-9-6-5-7-10-16)21-25-27-28-29(21)2/h5-12,19H,4,13-15H2,1-3H3,(H,23,24,30)/b26-20-. The van der Waals surface area contributed by atoms with Crippen molar-refractivity contribution in [2.24, 2.45) is 12.2 Å². The number of amides is 1. The SMILES string of the molecule is CCOC(CCOC(=O)Nc1cccc(CO/N=C(/c2ccccc2)c2nnnn2C)n1)OC. The zero-order chi connectivity index (χ0) is 24.2. The van der Waals surface area contributed by atoms with Crippen molar-refractivity contribution in [2.75, 3.05) is 25.6 Å². The van der Waals surface area contributed by atoms with Gasteiger partial charge < -0.3 is 19.0 Å². The van der Waals surface area contributed by atoms with Crippen LogP contribution >= 0.6 is 0 Å². The van der Waals surface area contributed by atoms with Crippen LogP contribution in [-0.4, -0.2) is 63.6 Å². The Bertz CT molecular complexity index is 1070. The predicted molar refractivity (Wildman–Crippen MR) is 122 cm³/mol. The Kier molecular flexibility index (Phi) is 9.43. The van der Waals surface area contributed by atoms with Gasteiger partial charge in [0.05, 0.1) is 12.3 Å². The van der Waals surface area contributed by atoms with E-state index in [2.05, 4.69) is 31.0 Å². The van der Waals surface area contributed by atoms with Crippen LogP contribution in [-0.2, 0) is 32.7 Å². The van der Waals surface area contributed by atoms with E-state index in [1.165, 1.54) is 11.8 Å². The fourth-order valence-corrected chi connectivity index (χ4v) is 2.88. The first-order valence-corrected chi connectivity index (χ1v) is 10.6. The second-order valence-electron chi connectivity index (χ2n) is 6.89. The summed E-state index contributed by atoms with van der Waals surface area (Å²) < 4.78 is 17.1. The number of rotatable bonds is 12. The molecule has 2 heterocycles. The Balaban J connectivity index is 1.58. The third-order valence-corrected chi connectivity index (χ3v) is 4.49. The molecule has 0 saturated carbocycles. The van der Waals surface area contributed by atoms with E-state index in [1.807, 2.05) is 37.3 Å². The lowest BCUT2D eigenvalue weighted by Gasteiger charge is -2.15. The van der Waals surface area contributed by atoms with E-state index in [9.17, 15) is 4.79 Å². The molecule has 0 fully saturated rings. The van der Waals surface area contributed by atoms with E-state index in [1.54, 1.807) is 25.2 Å². The number of nitrogens with one attached hydrogen (secondary N) is 1. The first kappa shape index (κ1) is 24.7. The maximum atomic E-state index is 12.0. The van der Waals surface area contributed by atoms with Gasteiger partial charge in [0.2, 0.25) is 5.82 Å². The van der Waals surface area contributed by atoms with Crippen LogP contribution < -0.4 is 5.32 Å². The topological polar surface area (TPSA) is 135 Å². The summed E-state index contributed by atoms with van der Waals surface area (Å²) in [5.41, 5.74) is 1.83. The highest BCUT2D eigenvalue weighted by molar-refractivity contribution is 6.10. The molecule has 1 atom stereocenters. The van der Waals surface area contributed by atoms with Gasteiger partial charge in [-0.25, -0.2) is 14.5 Å². The summed E-state index contributed by atoms with van der Waals surface area (Å²) in [7, 11) is 3.25. The zero-order valence-corrected chi connectivity index (χ0v) is 19.2. The molecule has 180 valence electrons. The van der Waals surface area contributed by atoms with E-state index < -0.39 is 12.4 Å². The average molecular weight is 470 g/mol. The summed E-state index contributed by atoms with van der Waals surface area (Å²) in [5, 5.41) is 18.4. The Morgan fingerprint density at radius 1 is 1.18 bits per heavy atom. The molecule has 0 aliphatic carbocycles. The highest BCUT2D eigenvalue weighted by Crippen LogP contribution is 2.11. The van der Waals surface area contributed by atoms with Crippen molar-refractivity contribution in [1.29, 1.82) is 0 Å². The van der Waals surface area contributed by atoms with E-state index >= 15 is 0 Å². The molecule has 34 heavy (non-hydrogen) atoms. The Labute approximate surface area is 196 Å². The summed E-state index contributed by atoms with van der Waals surface area (Å²) in [6, 6.07) is 14.6. The molecule has 0 spiro atoms. The average Bonchev–Trinajstić information content (AvgIpc) is 3.27. The van der Waals surface area contributed by atoms with Gasteiger partial charge in [0.25, 0.3) is 0 Å². The van der Waals surface area contributed by atoms with Crippen LogP contribution in [0.1, 0.15) is 30.4 Å². The number of hydrogen-bond acceptors (Lipinski definition) is 10. The van der Waals surface area contributed by atoms with E-state index in [0.29, 0.717) is 36.1 Å². The largest absolute Gasteiger partial charge is 0.449 e. The van der Waals surface area contributed by atoms with Gasteiger partial charge >= 0.3 is 6.09 Å². The molecule has 1 unspecified atom stereocenters. The molecule has 1 amide bonds. The summed E-state index contributed by atoms with van der Waals surface area (Å²) in [6.07, 6.45) is -0.631. The summed E-state index contributed by atoms with van der Waals surface area (Å²) in [4.78, 5) is 21.9. The van der Waals surface area contributed by atoms with Gasteiger partial charge in [-0.2, -0.15) is 0 Å². The molecule has 0 bridgehead atoms. The molecule has 1 aromatic carbocycles. The van der Waals surface area contributed by atoms with E-state index in [4.69, 9.17) is 19.0 Å². The smallest absolute Gasteiger partial charge is 0.412 e. The number of aromatic nitrogens is 5. The Hall–Kier alpha value is -3.90. The lowest BCUT2D eigenvalue weighted by Crippen LogP contribution is -2.21.